The molecule has 1 aromatic heterocycles. The average molecular weight is 273 g/mol. The van der Waals surface area contributed by atoms with Gasteiger partial charge < -0.3 is 9.67 Å². The van der Waals surface area contributed by atoms with Crippen molar-refractivity contribution in [2.75, 3.05) is 7.05 Å². The molecule has 2 aromatic rings. The number of carboxylic acids is 1. The summed E-state index contributed by atoms with van der Waals surface area (Å²) in [4.78, 5) is 17.1. The lowest BCUT2D eigenvalue weighted by molar-refractivity contribution is -0.142. The molecule has 0 aliphatic rings. The zero-order chi connectivity index (χ0) is 14.5. The normalized spacial score (nSPS) is 12.6. The second kappa shape index (κ2) is 6.34. The Morgan fingerprint density at radius 1 is 1.40 bits per heavy atom. The van der Waals surface area contributed by atoms with Gasteiger partial charge in [-0.25, -0.2) is 4.98 Å². The van der Waals surface area contributed by atoms with Crippen LogP contribution in [0.3, 0.4) is 0 Å². The van der Waals surface area contributed by atoms with E-state index in [9.17, 15) is 4.79 Å². The zero-order valence-corrected chi connectivity index (χ0v) is 11.7. The summed E-state index contributed by atoms with van der Waals surface area (Å²) in [6.45, 7) is 2.92. The largest absolute Gasteiger partial charge is 0.480 e. The number of aromatic nitrogens is 2. The van der Waals surface area contributed by atoms with Gasteiger partial charge in [0, 0.05) is 18.9 Å². The van der Waals surface area contributed by atoms with Crippen molar-refractivity contribution in [3.05, 3.63) is 54.1 Å². The maximum atomic E-state index is 11.0. The predicted molar refractivity (Wildman–Crippen MR) is 76.3 cm³/mol. The van der Waals surface area contributed by atoms with E-state index in [1.54, 1.807) is 25.1 Å². The minimum absolute atomic E-state index is 0.507. The first-order chi connectivity index (χ1) is 9.58. The number of carboxylic acid groups (broad SMARTS) is 1. The third-order valence-corrected chi connectivity index (χ3v) is 3.41. The van der Waals surface area contributed by atoms with E-state index in [0.717, 1.165) is 12.4 Å². The van der Waals surface area contributed by atoms with Crippen LogP contribution in [0, 0.1) is 0 Å². The fourth-order valence-electron chi connectivity index (χ4n) is 1.96. The Bertz CT molecular complexity index is 566. The first kappa shape index (κ1) is 14.3. The molecule has 1 aromatic carbocycles. The molecule has 2 rings (SSSR count). The Labute approximate surface area is 118 Å². The molecule has 1 heterocycles. The summed E-state index contributed by atoms with van der Waals surface area (Å²) in [6.07, 6.45) is 3.67. The van der Waals surface area contributed by atoms with E-state index in [-0.39, 0.29) is 0 Å². The van der Waals surface area contributed by atoms with Gasteiger partial charge in [-0.05, 0) is 19.5 Å². The van der Waals surface area contributed by atoms with Crippen LogP contribution in [-0.4, -0.2) is 38.6 Å². The number of rotatable bonds is 6. The molecule has 1 unspecified atom stereocenters. The van der Waals surface area contributed by atoms with Gasteiger partial charge in [0.25, 0.3) is 0 Å². The molecule has 0 aliphatic heterocycles. The standard InChI is InChI=1S/C15H19N3O2/c1-12(15(19)20)17(2)11-14-16-8-9-18(14)10-13-6-4-3-5-7-13/h3-9,12H,10-11H2,1-2H3,(H,19,20). The number of imidazole rings is 1. The van der Waals surface area contributed by atoms with Crippen molar-refractivity contribution in [3.63, 3.8) is 0 Å². The monoisotopic (exact) mass is 273 g/mol. The average Bonchev–Trinajstić information content (AvgIpc) is 2.86. The third-order valence-electron chi connectivity index (χ3n) is 3.41. The minimum Gasteiger partial charge on any atom is -0.480 e. The van der Waals surface area contributed by atoms with Gasteiger partial charge in [0.05, 0.1) is 6.54 Å². The van der Waals surface area contributed by atoms with E-state index in [2.05, 4.69) is 17.1 Å². The van der Waals surface area contributed by atoms with Gasteiger partial charge in [0.15, 0.2) is 0 Å². The molecule has 5 nitrogen and oxygen atoms in total. The molecule has 106 valence electrons. The lowest BCUT2D eigenvalue weighted by Gasteiger charge is -2.21. The lowest BCUT2D eigenvalue weighted by atomic mass is 10.2. The zero-order valence-electron chi connectivity index (χ0n) is 11.7. The van der Waals surface area contributed by atoms with Crippen LogP contribution in [0.1, 0.15) is 18.3 Å². The summed E-state index contributed by atoms with van der Waals surface area (Å²) in [6, 6.07) is 9.59. The quantitative estimate of drug-likeness (QED) is 0.872. The summed E-state index contributed by atoms with van der Waals surface area (Å²) in [5, 5.41) is 9.02. The number of aliphatic carboxylic acids is 1. The fraction of sp³-hybridized carbons (Fsp3) is 0.333. The number of benzene rings is 1. The van der Waals surface area contributed by atoms with Crippen molar-refractivity contribution < 1.29 is 9.90 Å². The number of nitrogens with zero attached hydrogens (tertiary/aromatic N) is 3. The molecule has 0 fully saturated rings. The maximum Gasteiger partial charge on any atom is 0.320 e. The van der Waals surface area contributed by atoms with Crippen molar-refractivity contribution in [1.29, 1.82) is 0 Å². The van der Waals surface area contributed by atoms with E-state index in [1.807, 2.05) is 29.0 Å². The Hall–Kier alpha value is -2.14. The van der Waals surface area contributed by atoms with Gasteiger partial charge in [-0.15, -0.1) is 0 Å². The first-order valence-electron chi connectivity index (χ1n) is 6.55. The minimum atomic E-state index is -0.825. The molecular formula is C15H19N3O2. The van der Waals surface area contributed by atoms with E-state index >= 15 is 0 Å². The van der Waals surface area contributed by atoms with Crippen molar-refractivity contribution in [3.8, 4) is 0 Å². The van der Waals surface area contributed by atoms with E-state index in [1.165, 1.54) is 5.56 Å². The second-order valence-electron chi connectivity index (χ2n) is 4.89. The molecule has 0 spiro atoms. The van der Waals surface area contributed by atoms with Crippen LogP contribution in [0.15, 0.2) is 42.7 Å². The van der Waals surface area contributed by atoms with Crippen molar-refractivity contribution in [2.45, 2.75) is 26.1 Å². The van der Waals surface area contributed by atoms with E-state index < -0.39 is 12.0 Å². The molecule has 1 N–H and O–H groups in total. The smallest absolute Gasteiger partial charge is 0.320 e. The SMILES string of the molecule is CC(C(=O)O)N(C)Cc1nccn1Cc1ccccc1. The molecule has 1 atom stereocenters. The molecule has 0 radical (unpaired) electrons. The molecule has 0 saturated heterocycles. The van der Waals surface area contributed by atoms with Crippen LogP contribution >= 0.6 is 0 Å². The van der Waals surface area contributed by atoms with Crippen LogP contribution in [0.4, 0.5) is 0 Å². The van der Waals surface area contributed by atoms with Gasteiger partial charge in [-0.3, -0.25) is 9.69 Å². The Kier molecular flexibility index (Phi) is 4.53. The van der Waals surface area contributed by atoms with Gasteiger partial charge in [0.1, 0.15) is 11.9 Å². The summed E-state index contributed by atoms with van der Waals surface area (Å²) in [7, 11) is 1.79. The van der Waals surface area contributed by atoms with Crippen molar-refractivity contribution in [1.82, 2.24) is 14.5 Å². The third kappa shape index (κ3) is 3.45. The molecule has 0 saturated carbocycles. The predicted octanol–water partition coefficient (Wildman–Crippen LogP) is 1.84. The summed E-state index contributed by atoms with van der Waals surface area (Å²) >= 11 is 0. The van der Waals surface area contributed by atoms with Crippen LogP contribution in [0.25, 0.3) is 0 Å². The maximum absolute atomic E-state index is 11.0. The highest BCUT2D eigenvalue weighted by Crippen LogP contribution is 2.09. The van der Waals surface area contributed by atoms with E-state index in [4.69, 9.17) is 5.11 Å². The van der Waals surface area contributed by atoms with Crippen LogP contribution in [-0.2, 0) is 17.9 Å². The van der Waals surface area contributed by atoms with E-state index in [0.29, 0.717) is 6.54 Å². The van der Waals surface area contributed by atoms with Gasteiger partial charge in [0.2, 0.25) is 0 Å². The number of likely N-dealkylation sites (N-methyl/N-ethyl adjacent to an activating group) is 1. The Morgan fingerprint density at radius 3 is 2.75 bits per heavy atom. The molecule has 5 heteroatoms. The first-order valence-corrected chi connectivity index (χ1v) is 6.55. The molecule has 0 aliphatic carbocycles. The second-order valence-corrected chi connectivity index (χ2v) is 4.89. The summed E-state index contributed by atoms with van der Waals surface area (Å²) in [5.41, 5.74) is 1.20. The van der Waals surface area contributed by atoms with Crippen LogP contribution in [0.5, 0.6) is 0 Å². The number of carbonyl (C=O) groups is 1. The lowest BCUT2D eigenvalue weighted by Crippen LogP contribution is -2.36. The molecule has 0 bridgehead atoms. The molecule has 20 heavy (non-hydrogen) atoms. The van der Waals surface area contributed by atoms with Crippen molar-refractivity contribution in [2.24, 2.45) is 0 Å². The highest BCUT2D eigenvalue weighted by atomic mass is 16.4. The van der Waals surface area contributed by atoms with Crippen molar-refractivity contribution >= 4 is 5.97 Å². The fourth-order valence-corrected chi connectivity index (χ4v) is 1.96. The molecule has 0 amide bonds. The van der Waals surface area contributed by atoms with Crippen LogP contribution < -0.4 is 0 Å². The Morgan fingerprint density at radius 2 is 2.10 bits per heavy atom. The number of hydrogen-bond donors (Lipinski definition) is 1. The van der Waals surface area contributed by atoms with Gasteiger partial charge in [-0.1, -0.05) is 30.3 Å². The molecular weight excluding hydrogens is 254 g/mol. The van der Waals surface area contributed by atoms with Gasteiger partial charge in [-0.2, -0.15) is 0 Å². The van der Waals surface area contributed by atoms with Gasteiger partial charge >= 0.3 is 5.97 Å². The highest BCUT2D eigenvalue weighted by molar-refractivity contribution is 5.72. The Balaban J connectivity index is 2.07. The van der Waals surface area contributed by atoms with Crippen LogP contribution in [0.2, 0.25) is 0 Å². The highest BCUT2D eigenvalue weighted by Gasteiger charge is 2.18. The summed E-state index contributed by atoms with van der Waals surface area (Å²) < 4.78 is 2.04. The topological polar surface area (TPSA) is 58.4 Å². The number of hydrogen-bond acceptors (Lipinski definition) is 3. The summed E-state index contributed by atoms with van der Waals surface area (Å²) in [5.74, 6) is 0.0399.